The minimum atomic E-state index is 1.04. The molecule has 0 aliphatic rings. The number of allylic oxidation sites excluding steroid dienone is 3. The second-order valence-corrected chi connectivity index (χ2v) is 5.19. The van der Waals surface area contributed by atoms with Crippen LogP contribution in [0.3, 0.4) is 0 Å². The Kier molecular flexibility index (Phi) is 4.89. The van der Waals surface area contributed by atoms with Crippen molar-refractivity contribution in [2.24, 2.45) is 4.99 Å². The van der Waals surface area contributed by atoms with E-state index in [9.17, 15) is 0 Å². The van der Waals surface area contributed by atoms with Crippen LogP contribution in [0, 0.1) is 6.92 Å². The molecule has 21 heavy (non-hydrogen) atoms. The second kappa shape index (κ2) is 6.85. The lowest BCUT2D eigenvalue weighted by Gasteiger charge is -2.14. The molecule has 0 unspecified atom stereocenters. The van der Waals surface area contributed by atoms with Crippen molar-refractivity contribution in [2.45, 2.75) is 13.8 Å². The normalized spacial score (nSPS) is 12.3. The van der Waals surface area contributed by atoms with Gasteiger partial charge in [0.15, 0.2) is 0 Å². The van der Waals surface area contributed by atoms with Crippen LogP contribution in [0.1, 0.15) is 23.6 Å². The number of benzene rings is 2. The van der Waals surface area contributed by atoms with E-state index in [-0.39, 0.29) is 0 Å². The summed E-state index contributed by atoms with van der Waals surface area (Å²) in [6.45, 7) is 8.30. The van der Waals surface area contributed by atoms with Crippen molar-refractivity contribution in [3.05, 3.63) is 83.4 Å². The summed E-state index contributed by atoms with van der Waals surface area (Å²) in [5, 5.41) is 0. The van der Waals surface area contributed by atoms with Gasteiger partial charge in [0.25, 0.3) is 0 Å². The fourth-order valence-corrected chi connectivity index (χ4v) is 2.38. The first kappa shape index (κ1) is 15.0. The minimum Gasteiger partial charge on any atom is -0.296 e. The summed E-state index contributed by atoms with van der Waals surface area (Å²) >= 11 is 0. The second-order valence-electron chi connectivity index (χ2n) is 5.19. The van der Waals surface area contributed by atoms with Crippen LogP contribution in [-0.4, -0.2) is 13.3 Å². The number of aryl methyl sites for hydroxylation is 1. The molecule has 0 bridgehead atoms. The first-order valence-electron chi connectivity index (χ1n) is 7.08. The smallest absolute Gasteiger partial charge is 0.0293 e. The monoisotopic (exact) mass is 275 g/mol. The Balaban J connectivity index is 2.70. The molecule has 1 heteroatoms. The minimum absolute atomic E-state index is 1.04. The fraction of sp³-hybridized carbons (Fsp3) is 0.150. The number of nitrogens with zero attached hydrogens (tertiary/aromatic N) is 1. The van der Waals surface area contributed by atoms with Gasteiger partial charge in [-0.15, -0.1) is 0 Å². The lowest BCUT2D eigenvalue weighted by Crippen LogP contribution is -1.95. The molecule has 0 aromatic heterocycles. The molecule has 0 fully saturated rings. The molecule has 1 nitrogen and oxygen atoms in total. The first-order chi connectivity index (χ1) is 10.1. The molecule has 2 aromatic rings. The first-order valence-corrected chi connectivity index (χ1v) is 7.08. The third-order valence-electron chi connectivity index (χ3n) is 3.38. The highest BCUT2D eigenvalue weighted by atomic mass is 14.6. The van der Waals surface area contributed by atoms with Crippen molar-refractivity contribution < 1.29 is 0 Å². The van der Waals surface area contributed by atoms with Crippen LogP contribution >= 0.6 is 0 Å². The van der Waals surface area contributed by atoms with Crippen LogP contribution in [0.5, 0.6) is 0 Å². The van der Waals surface area contributed by atoms with Crippen LogP contribution in [0.4, 0.5) is 0 Å². The molecular formula is C20H21N. The number of rotatable bonds is 4. The molecular weight excluding hydrogens is 254 g/mol. The fourth-order valence-electron chi connectivity index (χ4n) is 2.38. The van der Waals surface area contributed by atoms with Gasteiger partial charge in [-0.3, -0.25) is 4.99 Å². The maximum atomic E-state index is 4.24. The Morgan fingerprint density at radius 1 is 0.952 bits per heavy atom. The van der Waals surface area contributed by atoms with Gasteiger partial charge in [0.05, 0.1) is 0 Å². The number of hydrogen-bond acceptors (Lipinski definition) is 1. The van der Waals surface area contributed by atoms with Crippen molar-refractivity contribution in [1.29, 1.82) is 0 Å². The average Bonchev–Trinajstić information content (AvgIpc) is 2.48. The molecule has 0 saturated heterocycles. The molecule has 0 saturated carbocycles. The molecule has 106 valence electrons. The largest absolute Gasteiger partial charge is 0.296 e. The van der Waals surface area contributed by atoms with E-state index in [0.717, 1.165) is 22.3 Å². The van der Waals surface area contributed by atoms with Crippen LogP contribution in [0.25, 0.3) is 11.1 Å². The van der Waals surface area contributed by atoms with E-state index in [1.807, 2.05) is 31.3 Å². The third kappa shape index (κ3) is 3.57. The summed E-state index contributed by atoms with van der Waals surface area (Å²) in [4.78, 5) is 4.24. The zero-order valence-corrected chi connectivity index (χ0v) is 12.9. The Morgan fingerprint density at radius 2 is 1.57 bits per heavy atom. The van der Waals surface area contributed by atoms with E-state index in [1.54, 1.807) is 7.05 Å². The topological polar surface area (TPSA) is 12.4 Å². The molecule has 2 aromatic carbocycles. The van der Waals surface area contributed by atoms with Crippen molar-refractivity contribution in [1.82, 2.24) is 0 Å². The molecule has 0 atom stereocenters. The van der Waals surface area contributed by atoms with E-state index in [4.69, 9.17) is 0 Å². The zero-order chi connectivity index (χ0) is 15.2. The van der Waals surface area contributed by atoms with Gasteiger partial charge in [-0.2, -0.15) is 0 Å². The average molecular weight is 275 g/mol. The summed E-state index contributed by atoms with van der Waals surface area (Å²) in [7, 11) is 1.80. The predicted octanol–water partition coefficient (Wildman–Crippen LogP) is 5.18. The van der Waals surface area contributed by atoms with Crippen molar-refractivity contribution in [2.75, 3.05) is 7.05 Å². The highest BCUT2D eigenvalue weighted by molar-refractivity contribution is 6.21. The Labute approximate surface area is 127 Å². The van der Waals surface area contributed by atoms with Gasteiger partial charge >= 0.3 is 0 Å². The number of aliphatic imine (C=N–C) groups is 1. The van der Waals surface area contributed by atoms with E-state index in [2.05, 4.69) is 54.9 Å². The van der Waals surface area contributed by atoms with Crippen LogP contribution in [-0.2, 0) is 0 Å². The van der Waals surface area contributed by atoms with Crippen LogP contribution in [0.15, 0.2) is 71.7 Å². The molecule has 0 aliphatic heterocycles. The maximum Gasteiger partial charge on any atom is 0.0293 e. The van der Waals surface area contributed by atoms with Crippen LogP contribution < -0.4 is 0 Å². The molecule has 0 radical (unpaired) electrons. The van der Waals surface area contributed by atoms with Crippen molar-refractivity contribution in [3.8, 4) is 0 Å². The molecule has 0 N–H and O–H groups in total. The molecule has 0 aliphatic carbocycles. The molecule has 0 heterocycles. The Bertz CT molecular complexity index is 674. The summed E-state index contributed by atoms with van der Waals surface area (Å²) in [5.41, 5.74) is 6.87. The van der Waals surface area contributed by atoms with E-state index in [0.29, 0.717) is 0 Å². The van der Waals surface area contributed by atoms with E-state index < -0.39 is 0 Å². The van der Waals surface area contributed by atoms with Gasteiger partial charge in [-0.05, 0) is 36.1 Å². The molecule has 0 amide bonds. The predicted molar refractivity (Wildman–Crippen MR) is 93.7 cm³/mol. The van der Waals surface area contributed by atoms with Crippen molar-refractivity contribution in [3.63, 3.8) is 0 Å². The third-order valence-corrected chi connectivity index (χ3v) is 3.38. The van der Waals surface area contributed by atoms with E-state index in [1.165, 1.54) is 11.1 Å². The summed E-state index contributed by atoms with van der Waals surface area (Å²) in [6, 6.07) is 18.9. The lowest BCUT2D eigenvalue weighted by atomic mass is 9.91. The zero-order valence-electron chi connectivity index (χ0n) is 12.9. The van der Waals surface area contributed by atoms with E-state index >= 15 is 0 Å². The van der Waals surface area contributed by atoms with Crippen molar-refractivity contribution >= 4 is 17.4 Å². The quantitative estimate of drug-likeness (QED) is 0.414. The highest BCUT2D eigenvalue weighted by Gasteiger charge is 2.10. The van der Waals surface area contributed by atoms with Gasteiger partial charge in [-0.1, -0.05) is 66.7 Å². The SMILES string of the molecule is C=C(C)/C(=C(\C=NC)c1ccc(C)cc1)c1ccccc1. The summed E-state index contributed by atoms with van der Waals surface area (Å²) in [5.74, 6) is 0. The summed E-state index contributed by atoms with van der Waals surface area (Å²) in [6.07, 6.45) is 1.92. The highest BCUT2D eigenvalue weighted by Crippen LogP contribution is 2.30. The lowest BCUT2D eigenvalue weighted by molar-refractivity contribution is 1.44. The number of hydrogen-bond donors (Lipinski definition) is 0. The van der Waals surface area contributed by atoms with Gasteiger partial charge in [0.1, 0.15) is 0 Å². The molecule has 0 spiro atoms. The Morgan fingerprint density at radius 3 is 2.10 bits per heavy atom. The Hall–Kier alpha value is -2.41. The van der Waals surface area contributed by atoms with Gasteiger partial charge < -0.3 is 0 Å². The maximum absolute atomic E-state index is 4.24. The standard InChI is InChI=1S/C20H21N/c1-15(2)20(18-8-6-5-7-9-18)19(14-21-4)17-12-10-16(3)11-13-17/h5-14H,1H2,2-4H3/b20-19-,21-14?. The van der Waals surface area contributed by atoms with Gasteiger partial charge in [0.2, 0.25) is 0 Å². The van der Waals surface area contributed by atoms with Gasteiger partial charge in [0, 0.05) is 18.8 Å². The summed E-state index contributed by atoms with van der Waals surface area (Å²) < 4.78 is 0. The van der Waals surface area contributed by atoms with Crippen LogP contribution in [0.2, 0.25) is 0 Å². The molecule has 2 rings (SSSR count). The van der Waals surface area contributed by atoms with Gasteiger partial charge in [-0.25, -0.2) is 0 Å².